The van der Waals surface area contributed by atoms with Gasteiger partial charge in [-0.3, -0.25) is 0 Å². The van der Waals surface area contributed by atoms with Crippen LogP contribution in [-0.4, -0.2) is 6.04 Å². The minimum Gasteiger partial charge on any atom is -0.382 e. The molecule has 0 unspecified atom stereocenters. The van der Waals surface area contributed by atoms with Gasteiger partial charge >= 0.3 is 0 Å². The molecule has 88 valence electrons. The van der Waals surface area contributed by atoms with Gasteiger partial charge in [-0.15, -0.1) is 0 Å². The molecule has 1 N–H and O–H groups in total. The average Bonchev–Trinajstić information content (AvgIpc) is 2.75. The van der Waals surface area contributed by atoms with Gasteiger partial charge < -0.3 is 5.32 Å². The van der Waals surface area contributed by atoms with Crippen LogP contribution < -0.4 is 5.32 Å². The molecule has 17 heavy (non-hydrogen) atoms. The maximum atomic E-state index is 13.1. The van der Waals surface area contributed by atoms with Crippen LogP contribution in [0.3, 0.4) is 0 Å². The molecule has 1 aromatic carbocycles. The lowest BCUT2D eigenvalue weighted by molar-refractivity contribution is 0.373. The Morgan fingerprint density at radius 2 is 2.12 bits per heavy atom. The van der Waals surface area contributed by atoms with Gasteiger partial charge in [0.25, 0.3) is 0 Å². The summed E-state index contributed by atoms with van der Waals surface area (Å²) in [5.41, 5.74) is 2.34. The first-order chi connectivity index (χ1) is 8.31. The smallest absolute Gasteiger partial charge is 0.123 e. The van der Waals surface area contributed by atoms with E-state index in [9.17, 15) is 4.39 Å². The standard InChI is InChI=1S/C14H14FNS/c15-12-3-1-2-10(6-12)11-7-14(8-11)16-13-4-5-17-9-13/h1-6,9,11,14,16H,7-8H2. The molecule has 1 saturated carbocycles. The topological polar surface area (TPSA) is 12.0 Å². The highest BCUT2D eigenvalue weighted by Gasteiger charge is 2.30. The van der Waals surface area contributed by atoms with Crippen molar-refractivity contribution in [3.8, 4) is 0 Å². The Morgan fingerprint density at radius 3 is 2.82 bits per heavy atom. The third-order valence-electron chi connectivity index (χ3n) is 3.35. The summed E-state index contributed by atoms with van der Waals surface area (Å²) in [7, 11) is 0. The summed E-state index contributed by atoms with van der Waals surface area (Å²) >= 11 is 1.70. The van der Waals surface area contributed by atoms with E-state index in [-0.39, 0.29) is 5.82 Å². The van der Waals surface area contributed by atoms with Gasteiger partial charge in [-0.25, -0.2) is 4.39 Å². The fourth-order valence-electron chi connectivity index (χ4n) is 2.35. The fourth-order valence-corrected chi connectivity index (χ4v) is 2.95. The van der Waals surface area contributed by atoms with Gasteiger partial charge in [0.15, 0.2) is 0 Å². The Kier molecular flexibility index (Phi) is 2.85. The predicted octanol–water partition coefficient (Wildman–Crippen LogP) is 4.25. The Hall–Kier alpha value is -1.35. The van der Waals surface area contributed by atoms with Gasteiger partial charge in [0, 0.05) is 17.1 Å². The molecule has 0 radical (unpaired) electrons. The maximum Gasteiger partial charge on any atom is 0.123 e. The number of halogens is 1. The molecule has 2 aromatic rings. The second kappa shape index (κ2) is 4.49. The quantitative estimate of drug-likeness (QED) is 0.855. The number of hydrogen-bond acceptors (Lipinski definition) is 2. The van der Waals surface area contributed by atoms with Gasteiger partial charge in [0.05, 0.1) is 0 Å². The number of anilines is 1. The van der Waals surface area contributed by atoms with E-state index in [2.05, 4.69) is 22.1 Å². The van der Waals surface area contributed by atoms with Crippen LogP contribution in [-0.2, 0) is 0 Å². The Balaban J connectivity index is 1.58. The van der Waals surface area contributed by atoms with Crippen molar-refractivity contribution >= 4 is 17.0 Å². The number of nitrogens with one attached hydrogen (secondary N) is 1. The summed E-state index contributed by atoms with van der Waals surface area (Å²) in [6, 6.07) is 9.62. The van der Waals surface area contributed by atoms with Crippen LogP contribution in [0.4, 0.5) is 10.1 Å². The molecule has 3 heteroatoms. The van der Waals surface area contributed by atoms with Crippen LogP contribution in [0.25, 0.3) is 0 Å². The molecule has 1 nitrogen and oxygen atoms in total. The molecule has 1 heterocycles. The van der Waals surface area contributed by atoms with Crippen molar-refractivity contribution in [3.63, 3.8) is 0 Å². The molecule has 0 bridgehead atoms. The van der Waals surface area contributed by atoms with Crippen LogP contribution in [0.15, 0.2) is 41.1 Å². The lowest BCUT2D eigenvalue weighted by atomic mass is 9.76. The van der Waals surface area contributed by atoms with E-state index in [0.29, 0.717) is 12.0 Å². The highest BCUT2D eigenvalue weighted by Crippen LogP contribution is 2.38. The first-order valence-electron chi connectivity index (χ1n) is 5.85. The van der Waals surface area contributed by atoms with Gasteiger partial charge in [-0.2, -0.15) is 11.3 Å². The third-order valence-corrected chi connectivity index (χ3v) is 4.03. The normalized spacial score (nSPS) is 23.1. The van der Waals surface area contributed by atoms with Crippen molar-refractivity contribution in [3.05, 3.63) is 52.5 Å². The second-order valence-electron chi connectivity index (χ2n) is 4.58. The van der Waals surface area contributed by atoms with E-state index in [1.165, 1.54) is 11.8 Å². The highest BCUT2D eigenvalue weighted by atomic mass is 32.1. The predicted molar refractivity (Wildman–Crippen MR) is 70.1 cm³/mol. The molecule has 0 saturated heterocycles. The minimum atomic E-state index is -0.128. The third kappa shape index (κ3) is 2.34. The number of benzene rings is 1. The molecule has 0 amide bonds. The molecule has 1 fully saturated rings. The summed E-state index contributed by atoms with van der Waals surface area (Å²) < 4.78 is 13.1. The zero-order valence-corrected chi connectivity index (χ0v) is 10.2. The second-order valence-corrected chi connectivity index (χ2v) is 5.36. The van der Waals surface area contributed by atoms with E-state index in [1.807, 2.05) is 6.07 Å². The molecule has 0 aliphatic heterocycles. The molecular formula is C14H14FNS. The summed E-state index contributed by atoms with van der Waals surface area (Å²) in [5, 5.41) is 7.68. The zero-order valence-electron chi connectivity index (χ0n) is 9.40. The Bertz CT molecular complexity index is 489. The van der Waals surface area contributed by atoms with Crippen LogP contribution >= 0.6 is 11.3 Å². The van der Waals surface area contributed by atoms with Crippen molar-refractivity contribution in [2.75, 3.05) is 5.32 Å². The van der Waals surface area contributed by atoms with Crippen molar-refractivity contribution in [1.29, 1.82) is 0 Å². The molecule has 1 aliphatic carbocycles. The summed E-state index contributed by atoms with van der Waals surface area (Å²) in [6.45, 7) is 0. The average molecular weight is 247 g/mol. The van der Waals surface area contributed by atoms with E-state index >= 15 is 0 Å². The number of hydrogen-bond donors (Lipinski definition) is 1. The Labute approximate surface area is 104 Å². The largest absolute Gasteiger partial charge is 0.382 e. The fraction of sp³-hybridized carbons (Fsp3) is 0.286. The van der Waals surface area contributed by atoms with Crippen LogP contribution in [0.2, 0.25) is 0 Å². The van der Waals surface area contributed by atoms with E-state index < -0.39 is 0 Å². The van der Waals surface area contributed by atoms with Crippen LogP contribution in [0.5, 0.6) is 0 Å². The molecule has 1 aliphatic rings. The number of rotatable bonds is 3. The summed E-state index contributed by atoms with van der Waals surface area (Å²) in [6.07, 6.45) is 2.19. The highest BCUT2D eigenvalue weighted by molar-refractivity contribution is 7.08. The van der Waals surface area contributed by atoms with E-state index in [4.69, 9.17) is 0 Å². The van der Waals surface area contributed by atoms with Crippen molar-refractivity contribution < 1.29 is 4.39 Å². The van der Waals surface area contributed by atoms with E-state index in [0.717, 1.165) is 18.4 Å². The molecule has 0 spiro atoms. The van der Waals surface area contributed by atoms with Crippen molar-refractivity contribution in [1.82, 2.24) is 0 Å². The van der Waals surface area contributed by atoms with Crippen LogP contribution in [0, 0.1) is 5.82 Å². The first-order valence-corrected chi connectivity index (χ1v) is 6.80. The SMILES string of the molecule is Fc1cccc(C2CC(Nc3ccsc3)C2)c1. The van der Waals surface area contributed by atoms with Gasteiger partial charge in [-0.1, -0.05) is 12.1 Å². The lowest BCUT2D eigenvalue weighted by Crippen LogP contribution is -2.33. The zero-order chi connectivity index (χ0) is 11.7. The summed E-state index contributed by atoms with van der Waals surface area (Å²) in [5.74, 6) is 0.388. The number of thiophene rings is 1. The lowest BCUT2D eigenvalue weighted by Gasteiger charge is -2.36. The molecule has 0 atom stereocenters. The first kappa shape index (κ1) is 10.8. The monoisotopic (exact) mass is 247 g/mol. The molecule has 1 aromatic heterocycles. The molecule has 3 rings (SSSR count). The van der Waals surface area contributed by atoms with Gasteiger partial charge in [0.2, 0.25) is 0 Å². The maximum absolute atomic E-state index is 13.1. The summed E-state index contributed by atoms with van der Waals surface area (Å²) in [4.78, 5) is 0. The van der Waals surface area contributed by atoms with Crippen LogP contribution in [0.1, 0.15) is 24.3 Å². The molecular weight excluding hydrogens is 233 g/mol. The van der Waals surface area contributed by atoms with Gasteiger partial charge in [0.1, 0.15) is 5.82 Å². The van der Waals surface area contributed by atoms with Crippen molar-refractivity contribution in [2.45, 2.75) is 24.8 Å². The van der Waals surface area contributed by atoms with E-state index in [1.54, 1.807) is 23.5 Å². The van der Waals surface area contributed by atoms with Gasteiger partial charge in [-0.05, 0) is 47.9 Å². The Morgan fingerprint density at radius 1 is 1.24 bits per heavy atom. The minimum absolute atomic E-state index is 0.128. The van der Waals surface area contributed by atoms with Crippen molar-refractivity contribution in [2.24, 2.45) is 0 Å².